The highest BCUT2D eigenvalue weighted by Crippen LogP contribution is 2.30. The minimum Gasteiger partial charge on any atom is -0.423 e. The summed E-state index contributed by atoms with van der Waals surface area (Å²) in [7, 11) is 2.07. The number of aromatic nitrogens is 3. The molecule has 18 heavy (non-hydrogen) atoms. The van der Waals surface area contributed by atoms with E-state index in [0.717, 1.165) is 5.56 Å². The smallest absolute Gasteiger partial charge is 0.247 e. The molecule has 0 saturated heterocycles. The van der Waals surface area contributed by atoms with Gasteiger partial charge in [0.15, 0.2) is 0 Å². The average Bonchev–Trinajstić information content (AvgIpc) is 2.97. The average molecular weight is 241 g/mol. The van der Waals surface area contributed by atoms with Gasteiger partial charge in [-0.25, -0.2) is 0 Å². The highest BCUT2D eigenvalue weighted by Gasteiger charge is 2.12. The van der Waals surface area contributed by atoms with E-state index in [1.807, 2.05) is 6.07 Å². The Hall–Kier alpha value is -2.10. The molecule has 0 saturated carbocycles. The maximum atomic E-state index is 5.25. The van der Waals surface area contributed by atoms with Crippen molar-refractivity contribution < 1.29 is 4.42 Å². The topological polar surface area (TPSA) is 43.9 Å². The predicted octanol–water partition coefficient (Wildman–Crippen LogP) is 3.35. The molecular weight excluding hydrogens is 226 g/mol. The third-order valence-corrected chi connectivity index (χ3v) is 3.25. The van der Waals surface area contributed by atoms with E-state index in [4.69, 9.17) is 4.42 Å². The standard InChI is InChI=1S/C14H15N3O/c1-9(2)12-7-17(3)13-5-4-10(6-11(12)13)14-16-15-8-18-14/h4-9H,1-3H3. The Balaban J connectivity index is 2.25. The van der Waals surface area contributed by atoms with Crippen molar-refractivity contribution in [3.63, 3.8) is 0 Å². The first-order valence-corrected chi connectivity index (χ1v) is 6.02. The van der Waals surface area contributed by atoms with Crippen molar-refractivity contribution in [3.8, 4) is 11.5 Å². The monoisotopic (exact) mass is 241 g/mol. The van der Waals surface area contributed by atoms with Gasteiger partial charge in [0.05, 0.1) is 0 Å². The molecule has 0 unspecified atom stereocenters. The molecule has 3 rings (SSSR count). The lowest BCUT2D eigenvalue weighted by molar-refractivity contribution is 0.569. The lowest BCUT2D eigenvalue weighted by Crippen LogP contribution is -1.84. The molecule has 3 aromatic rings. The molecule has 2 heterocycles. The fraction of sp³-hybridized carbons (Fsp3) is 0.286. The molecular formula is C14H15N3O. The molecule has 0 fully saturated rings. The highest BCUT2D eigenvalue weighted by atomic mass is 16.4. The van der Waals surface area contributed by atoms with Gasteiger partial charge in [0, 0.05) is 29.7 Å². The lowest BCUT2D eigenvalue weighted by atomic mass is 10.0. The molecule has 0 atom stereocenters. The van der Waals surface area contributed by atoms with Crippen LogP contribution in [0.25, 0.3) is 22.4 Å². The minimum atomic E-state index is 0.492. The van der Waals surface area contributed by atoms with E-state index < -0.39 is 0 Å². The van der Waals surface area contributed by atoms with Crippen molar-refractivity contribution in [2.45, 2.75) is 19.8 Å². The normalized spacial score (nSPS) is 11.6. The van der Waals surface area contributed by atoms with Gasteiger partial charge >= 0.3 is 0 Å². The van der Waals surface area contributed by atoms with Crippen LogP contribution in [0.2, 0.25) is 0 Å². The maximum Gasteiger partial charge on any atom is 0.247 e. The lowest BCUT2D eigenvalue weighted by Gasteiger charge is -2.03. The molecule has 0 radical (unpaired) electrons. The van der Waals surface area contributed by atoms with E-state index in [0.29, 0.717) is 11.8 Å². The van der Waals surface area contributed by atoms with Gasteiger partial charge in [-0.3, -0.25) is 0 Å². The summed E-state index contributed by atoms with van der Waals surface area (Å²) in [5, 5.41) is 8.92. The van der Waals surface area contributed by atoms with Gasteiger partial charge in [-0.2, -0.15) is 0 Å². The summed E-state index contributed by atoms with van der Waals surface area (Å²) < 4.78 is 7.40. The number of hydrogen-bond acceptors (Lipinski definition) is 3. The van der Waals surface area contributed by atoms with Crippen molar-refractivity contribution in [1.82, 2.24) is 14.8 Å². The zero-order valence-corrected chi connectivity index (χ0v) is 10.7. The number of aryl methyl sites for hydroxylation is 1. The number of hydrogen-bond donors (Lipinski definition) is 0. The molecule has 0 amide bonds. The van der Waals surface area contributed by atoms with Crippen LogP contribution >= 0.6 is 0 Å². The van der Waals surface area contributed by atoms with Crippen LogP contribution in [-0.2, 0) is 7.05 Å². The highest BCUT2D eigenvalue weighted by molar-refractivity contribution is 5.88. The molecule has 92 valence electrons. The van der Waals surface area contributed by atoms with Crippen molar-refractivity contribution >= 4 is 10.9 Å². The first-order valence-electron chi connectivity index (χ1n) is 6.02. The Morgan fingerprint density at radius 1 is 1.28 bits per heavy atom. The summed E-state index contributed by atoms with van der Waals surface area (Å²) in [5.41, 5.74) is 3.53. The zero-order valence-electron chi connectivity index (χ0n) is 10.7. The van der Waals surface area contributed by atoms with Crippen LogP contribution in [0.3, 0.4) is 0 Å². The number of rotatable bonds is 2. The molecule has 0 bridgehead atoms. The van der Waals surface area contributed by atoms with Gasteiger partial charge < -0.3 is 8.98 Å². The van der Waals surface area contributed by atoms with Crippen LogP contribution < -0.4 is 0 Å². The molecule has 0 N–H and O–H groups in total. The van der Waals surface area contributed by atoms with Crippen LogP contribution in [0.15, 0.2) is 35.2 Å². The number of benzene rings is 1. The van der Waals surface area contributed by atoms with Gasteiger partial charge in [-0.1, -0.05) is 13.8 Å². The fourth-order valence-electron chi connectivity index (χ4n) is 2.31. The zero-order chi connectivity index (χ0) is 12.7. The van der Waals surface area contributed by atoms with E-state index in [9.17, 15) is 0 Å². The van der Waals surface area contributed by atoms with Gasteiger partial charge in [-0.05, 0) is 29.7 Å². The molecule has 0 aliphatic heterocycles. The Labute approximate surface area is 105 Å². The number of nitrogens with zero attached hydrogens (tertiary/aromatic N) is 3. The first kappa shape index (κ1) is 11.0. The third kappa shape index (κ3) is 1.61. The summed E-state index contributed by atoms with van der Waals surface area (Å²) in [6.45, 7) is 4.41. The van der Waals surface area contributed by atoms with Crippen LogP contribution in [0.1, 0.15) is 25.3 Å². The van der Waals surface area contributed by atoms with E-state index in [1.54, 1.807) is 0 Å². The second kappa shape index (κ2) is 3.98. The SMILES string of the molecule is CC(C)c1cn(C)c2ccc(-c3nnco3)cc12. The summed E-state index contributed by atoms with van der Waals surface area (Å²) >= 11 is 0. The van der Waals surface area contributed by atoms with E-state index >= 15 is 0 Å². The third-order valence-electron chi connectivity index (χ3n) is 3.25. The quantitative estimate of drug-likeness (QED) is 0.691. The van der Waals surface area contributed by atoms with Crippen LogP contribution in [-0.4, -0.2) is 14.8 Å². The van der Waals surface area contributed by atoms with E-state index in [-0.39, 0.29) is 0 Å². The van der Waals surface area contributed by atoms with Crippen molar-refractivity contribution in [1.29, 1.82) is 0 Å². The Morgan fingerprint density at radius 2 is 2.11 bits per heavy atom. The summed E-state index contributed by atoms with van der Waals surface area (Å²) in [4.78, 5) is 0. The largest absolute Gasteiger partial charge is 0.423 e. The summed E-state index contributed by atoms with van der Waals surface area (Å²) in [6.07, 6.45) is 3.54. The molecule has 0 spiro atoms. The molecule has 2 aromatic heterocycles. The molecule has 1 aromatic carbocycles. The van der Waals surface area contributed by atoms with E-state index in [1.165, 1.54) is 22.9 Å². The van der Waals surface area contributed by atoms with Gasteiger partial charge in [0.25, 0.3) is 0 Å². The van der Waals surface area contributed by atoms with Crippen LogP contribution in [0, 0.1) is 0 Å². The summed E-state index contributed by atoms with van der Waals surface area (Å²) in [5.74, 6) is 1.06. The molecule has 4 heteroatoms. The van der Waals surface area contributed by atoms with Crippen molar-refractivity contribution in [2.75, 3.05) is 0 Å². The van der Waals surface area contributed by atoms with Gasteiger partial charge in [0.2, 0.25) is 12.3 Å². The van der Waals surface area contributed by atoms with Crippen LogP contribution in [0.4, 0.5) is 0 Å². The van der Waals surface area contributed by atoms with Crippen molar-refractivity contribution in [3.05, 3.63) is 36.4 Å². The molecule has 0 aliphatic carbocycles. The van der Waals surface area contributed by atoms with Gasteiger partial charge in [0.1, 0.15) is 0 Å². The minimum absolute atomic E-state index is 0.492. The molecule has 0 aliphatic rings. The Bertz CT molecular complexity index is 680. The molecule has 4 nitrogen and oxygen atoms in total. The second-order valence-corrected chi connectivity index (χ2v) is 4.83. The van der Waals surface area contributed by atoms with E-state index in [2.05, 4.69) is 54.0 Å². The second-order valence-electron chi connectivity index (χ2n) is 4.83. The van der Waals surface area contributed by atoms with Crippen molar-refractivity contribution in [2.24, 2.45) is 7.05 Å². The fourth-order valence-corrected chi connectivity index (χ4v) is 2.31. The van der Waals surface area contributed by atoms with Gasteiger partial charge in [-0.15, -0.1) is 10.2 Å². The Kier molecular flexibility index (Phi) is 2.44. The first-order chi connectivity index (χ1) is 8.66. The Morgan fingerprint density at radius 3 is 2.78 bits per heavy atom. The maximum absolute atomic E-state index is 5.25. The van der Waals surface area contributed by atoms with Crippen LogP contribution in [0.5, 0.6) is 0 Å². The predicted molar refractivity (Wildman–Crippen MR) is 70.3 cm³/mol. The number of fused-ring (bicyclic) bond motifs is 1. The summed E-state index contributed by atoms with van der Waals surface area (Å²) in [6, 6.07) is 6.24.